The first-order chi connectivity index (χ1) is 15.5. The van der Waals surface area contributed by atoms with E-state index in [2.05, 4.69) is 4.74 Å². The predicted octanol–water partition coefficient (Wildman–Crippen LogP) is 2.42. The zero-order chi connectivity index (χ0) is 22.7. The molecule has 2 aromatic rings. The lowest BCUT2D eigenvalue weighted by Gasteiger charge is -2.37. The van der Waals surface area contributed by atoms with Gasteiger partial charge in [-0.05, 0) is 30.3 Å². The average Bonchev–Trinajstić information content (AvgIpc) is 2.83. The number of hydrogen-bond acceptors (Lipinski definition) is 6. The zero-order valence-electron chi connectivity index (χ0n) is 17.3. The SMILES string of the molecule is COc1cc(C(=O)N2CCN(C(=O)[C@H]3COc4ccccc4O3)CC2)ccc1OC(F)F. The van der Waals surface area contributed by atoms with E-state index in [9.17, 15) is 18.4 Å². The Labute approximate surface area is 183 Å². The number of ether oxygens (including phenoxy) is 4. The minimum absolute atomic E-state index is 0.0414. The van der Waals surface area contributed by atoms with E-state index in [1.54, 1.807) is 28.0 Å². The molecule has 1 atom stereocenters. The fourth-order valence-electron chi connectivity index (χ4n) is 3.65. The molecule has 170 valence electrons. The molecule has 0 aliphatic carbocycles. The van der Waals surface area contributed by atoms with E-state index < -0.39 is 12.7 Å². The summed E-state index contributed by atoms with van der Waals surface area (Å²) >= 11 is 0. The van der Waals surface area contributed by atoms with Crippen molar-refractivity contribution in [3.05, 3.63) is 48.0 Å². The van der Waals surface area contributed by atoms with Crippen LogP contribution < -0.4 is 18.9 Å². The van der Waals surface area contributed by atoms with Gasteiger partial charge in [0, 0.05) is 31.7 Å². The molecule has 0 saturated carbocycles. The van der Waals surface area contributed by atoms with Gasteiger partial charge in [-0.15, -0.1) is 0 Å². The second kappa shape index (κ2) is 9.29. The molecule has 4 rings (SSSR count). The van der Waals surface area contributed by atoms with Crippen LogP contribution in [0.5, 0.6) is 23.0 Å². The van der Waals surface area contributed by atoms with Gasteiger partial charge in [0.2, 0.25) is 6.10 Å². The Morgan fingerprint density at radius 2 is 1.69 bits per heavy atom. The summed E-state index contributed by atoms with van der Waals surface area (Å²) in [7, 11) is 1.31. The first-order valence-electron chi connectivity index (χ1n) is 10.1. The molecule has 0 spiro atoms. The molecule has 2 aromatic carbocycles. The molecule has 8 nitrogen and oxygen atoms in total. The van der Waals surface area contributed by atoms with E-state index >= 15 is 0 Å². The maximum atomic E-state index is 12.9. The number of alkyl halides is 2. The molecule has 2 heterocycles. The number of benzene rings is 2. The van der Waals surface area contributed by atoms with Gasteiger partial charge in [-0.3, -0.25) is 9.59 Å². The fraction of sp³-hybridized carbons (Fsp3) is 0.364. The molecule has 0 bridgehead atoms. The summed E-state index contributed by atoms with van der Waals surface area (Å²) in [5.74, 6) is 0.545. The Morgan fingerprint density at radius 3 is 2.38 bits per heavy atom. The monoisotopic (exact) mass is 448 g/mol. The van der Waals surface area contributed by atoms with E-state index in [4.69, 9.17) is 14.2 Å². The highest BCUT2D eigenvalue weighted by molar-refractivity contribution is 5.95. The van der Waals surface area contributed by atoms with E-state index in [1.807, 2.05) is 6.07 Å². The van der Waals surface area contributed by atoms with Gasteiger partial charge in [0.05, 0.1) is 7.11 Å². The Kier molecular flexibility index (Phi) is 6.29. The molecule has 1 fully saturated rings. The number of piperazine rings is 1. The van der Waals surface area contributed by atoms with Crippen molar-refractivity contribution in [2.45, 2.75) is 12.7 Å². The Bertz CT molecular complexity index is 994. The van der Waals surface area contributed by atoms with E-state index in [-0.39, 0.29) is 35.5 Å². The lowest BCUT2D eigenvalue weighted by molar-refractivity contribution is -0.142. The lowest BCUT2D eigenvalue weighted by Crippen LogP contribution is -2.55. The first-order valence-corrected chi connectivity index (χ1v) is 10.1. The summed E-state index contributed by atoms with van der Waals surface area (Å²) in [6.07, 6.45) is -0.737. The van der Waals surface area contributed by atoms with Gasteiger partial charge in [-0.2, -0.15) is 8.78 Å². The highest BCUT2D eigenvalue weighted by Gasteiger charge is 2.33. The van der Waals surface area contributed by atoms with Gasteiger partial charge in [0.1, 0.15) is 6.61 Å². The molecule has 2 aliphatic rings. The number of carbonyl (C=O) groups excluding carboxylic acids is 2. The van der Waals surface area contributed by atoms with Crippen LogP contribution in [-0.4, -0.2) is 74.2 Å². The van der Waals surface area contributed by atoms with Crippen molar-refractivity contribution in [2.75, 3.05) is 39.9 Å². The summed E-state index contributed by atoms with van der Waals surface area (Å²) in [6.45, 7) is -1.53. The van der Waals surface area contributed by atoms with Crippen LogP contribution in [0.3, 0.4) is 0 Å². The van der Waals surface area contributed by atoms with Crippen LogP contribution in [0.4, 0.5) is 8.78 Å². The molecule has 10 heteroatoms. The fourth-order valence-corrected chi connectivity index (χ4v) is 3.65. The van der Waals surface area contributed by atoms with Crippen molar-refractivity contribution in [3.63, 3.8) is 0 Å². The van der Waals surface area contributed by atoms with Gasteiger partial charge >= 0.3 is 6.61 Å². The molecule has 1 saturated heterocycles. The highest BCUT2D eigenvalue weighted by Crippen LogP contribution is 2.32. The maximum absolute atomic E-state index is 12.9. The number of fused-ring (bicyclic) bond motifs is 1. The minimum Gasteiger partial charge on any atom is -0.493 e. The number of nitrogens with zero attached hydrogens (tertiary/aromatic N) is 2. The standard InChI is InChI=1S/C22H22F2N2O6/c1-29-18-12-14(6-7-17(18)32-22(23)24)20(27)25-8-10-26(11-9-25)21(28)19-13-30-15-4-2-3-5-16(15)31-19/h2-7,12,19,22H,8-11,13H2,1H3/t19-/m1/s1. The van der Waals surface area contributed by atoms with Crippen molar-refractivity contribution < 1.29 is 37.3 Å². The van der Waals surface area contributed by atoms with Crippen LogP contribution in [0, 0.1) is 0 Å². The summed E-state index contributed by atoms with van der Waals surface area (Å²) < 4.78 is 45.8. The first kappa shape index (κ1) is 21.7. The minimum atomic E-state index is -3.00. The second-order valence-corrected chi connectivity index (χ2v) is 7.23. The molecular weight excluding hydrogens is 426 g/mol. The topological polar surface area (TPSA) is 77.5 Å². The summed E-state index contributed by atoms with van der Waals surface area (Å²) in [5.41, 5.74) is 0.281. The molecular formula is C22H22F2N2O6. The number of hydrogen-bond donors (Lipinski definition) is 0. The molecule has 0 radical (unpaired) electrons. The number of rotatable bonds is 5. The highest BCUT2D eigenvalue weighted by atomic mass is 19.3. The molecule has 2 amide bonds. The van der Waals surface area contributed by atoms with Crippen LogP contribution in [0.2, 0.25) is 0 Å². The number of amides is 2. The van der Waals surface area contributed by atoms with E-state index in [0.717, 1.165) is 0 Å². The average molecular weight is 448 g/mol. The summed E-state index contributed by atoms with van der Waals surface area (Å²) in [5, 5.41) is 0. The maximum Gasteiger partial charge on any atom is 0.387 e. The van der Waals surface area contributed by atoms with Crippen molar-refractivity contribution in [1.82, 2.24) is 9.80 Å². The second-order valence-electron chi connectivity index (χ2n) is 7.23. The predicted molar refractivity (Wildman–Crippen MR) is 108 cm³/mol. The quantitative estimate of drug-likeness (QED) is 0.699. The third kappa shape index (κ3) is 4.53. The third-order valence-corrected chi connectivity index (χ3v) is 5.29. The Balaban J connectivity index is 1.35. The molecule has 32 heavy (non-hydrogen) atoms. The van der Waals surface area contributed by atoms with E-state index in [0.29, 0.717) is 37.7 Å². The van der Waals surface area contributed by atoms with Gasteiger partial charge in [-0.25, -0.2) is 0 Å². The molecule has 0 aromatic heterocycles. The number of carbonyl (C=O) groups is 2. The number of halogens is 2. The van der Waals surface area contributed by atoms with Gasteiger partial charge in [0.15, 0.2) is 23.0 Å². The van der Waals surface area contributed by atoms with Gasteiger partial charge in [0.25, 0.3) is 11.8 Å². The van der Waals surface area contributed by atoms with Crippen molar-refractivity contribution in [1.29, 1.82) is 0 Å². The van der Waals surface area contributed by atoms with Crippen LogP contribution >= 0.6 is 0 Å². The normalized spacial score (nSPS) is 17.8. The molecule has 0 N–H and O–H groups in total. The van der Waals surface area contributed by atoms with Crippen molar-refractivity contribution in [2.24, 2.45) is 0 Å². The number of methoxy groups -OCH3 is 1. The van der Waals surface area contributed by atoms with Crippen LogP contribution in [0.1, 0.15) is 10.4 Å². The summed E-state index contributed by atoms with van der Waals surface area (Å²) in [6, 6.07) is 11.2. The number of para-hydroxylation sites is 2. The van der Waals surface area contributed by atoms with Crippen LogP contribution in [0.15, 0.2) is 42.5 Å². The van der Waals surface area contributed by atoms with Crippen molar-refractivity contribution in [3.8, 4) is 23.0 Å². The Hall–Kier alpha value is -3.56. The lowest BCUT2D eigenvalue weighted by atomic mass is 10.1. The summed E-state index contributed by atoms with van der Waals surface area (Å²) in [4.78, 5) is 28.9. The third-order valence-electron chi connectivity index (χ3n) is 5.29. The largest absolute Gasteiger partial charge is 0.493 e. The van der Waals surface area contributed by atoms with Crippen molar-refractivity contribution >= 4 is 11.8 Å². The van der Waals surface area contributed by atoms with Gasteiger partial charge in [-0.1, -0.05) is 12.1 Å². The van der Waals surface area contributed by atoms with Crippen LogP contribution in [0.25, 0.3) is 0 Å². The zero-order valence-corrected chi connectivity index (χ0v) is 17.3. The molecule has 0 unspecified atom stereocenters. The van der Waals surface area contributed by atoms with E-state index in [1.165, 1.54) is 25.3 Å². The van der Waals surface area contributed by atoms with Gasteiger partial charge < -0.3 is 28.7 Å². The van der Waals surface area contributed by atoms with Crippen LogP contribution in [-0.2, 0) is 4.79 Å². The molecule has 2 aliphatic heterocycles. The smallest absolute Gasteiger partial charge is 0.387 e. The Morgan fingerprint density at radius 1 is 1.00 bits per heavy atom.